The number of rotatable bonds is 7. The van der Waals surface area contributed by atoms with Crippen LogP contribution in [0.2, 0.25) is 0 Å². The Labute approximate surface area is 159 Å². The minimum absolute atomic E-state index is 0.0382. The number of hydrogen-bond donors (Lipinski definition) is 2. The van der Waals surface area contributed by atoms with Crippen LogP contribution in [0.25, 0.3) is 0 Å². The standard InChI is InChI=1S/C20H28N2O5/c1-4-17(20(25)26)21-19(24)15-8-10-16(11-9-15)27-12-18(23)22-13(2)6-5-7-14(22)3/h8-11,13-14,17H,4-7,12H2,1-3H3,(H,21,24)(H,25,26). The van der Waals surface area contributed by atoms with Crippen LogP contribution in [0.5, 0.6) is 5.75 Å². The zero-order chi connectivity index (χ0) is 20.0. The first kappa shape index (κ1) is 20.7. The van der Waals surface area contributed by atoms with Gasteiger partial charge in [-0.1, -0.05) is 6.92 Å². The van der Waals surface area contributed by atoms with E-state index in [9.17, 15) is 14.4 Å². The molecule has 0 spiro atoms. The van der Waals surface area contributed by atoms with Gasteiger partial charge in [0.15, 0.2) is 6.61 Å². The van der Waals surface area contributed by atoms with E-state index in [0.29, 0.717) is 17.7 Å². The van der Waals surface area contributed by atoms with Crippen molar-refractivity contribution in [2.45, 2.75) is 64.6 Å². The molecule has 7 heteroatoms. The number of piperidine rings is 1. The van der Waals surface area contributed by atoms with E-state index in [2.05, 4.69) is 19.2 Å². The van der Waals surface area contributed by atoms with Crippen molar-refractivity contribution in [1.29, 1.82) is 0 Å². The molecule has 0 saturated carbocycles. The first-order valence-corrected chi connectivity index (χ1v) is 9.41. The highest BCUT2D eigenvalue weighted by molar-refractivity contribution is 5.96. The van der Waals surface area contributed by atoms with Crippen molar-refractivity contribution in [3.8, 4) is 5.75 Å². The van der Waals surface area contributed by atoms with Crippen molar-refractivity contribution in [2.24, 2.45) is 0 Å². The number of hydrogen-bond acceptors (Lipinski definition) is 4. The maximum Gasteiger partial charge on any atom is 0.326 e. The summed E-state index contributed by atoms with van der Waals surface area (Å²) in [4.78, 5) is 37.5. The number of carboxylic acids is 1. The lowest BCUT2D eigenvalue weighted by atomic mass is 9.97. The van der Waals surface area contributed by atoms with Gasteiger partial charge >= 0.3 is 5.97 Å². The molecule has 27 heavy (non-hydrogen) atoms. The molecule has 2 rings (SSSR count). The molecule has 1 aromatic rings. The molecule has 0 bridgehead atoms. The molecule has 7 nitrogen and oxygen atoms in total. The second kappa shape index (κ2) is 9.39. The Hall–Kier alpha value is -2.57. The third-order valence-corrected chi connectivity index (χ3v) is 4.97. The summed E-state index contributed by atoms with van der Waals surface area (Å²) in [5.41, 5.74) is 0.339. The SMILES string of the molecule is CCC(NC(=O)c1ccc(OCC(=O)N2C(C)CCCC2C)cc1)C(=O)O. The van der Waals surface area contributed by atoms with Crippen molar-refractivity contribution in [3.63, 3.8) is 0 Å². The molecule has 1 aliphatic rings. The average molecular weight is 376 g/mol. The second-order valence-corrected chi connectivity index (χ2v) is 7.02. The monoisotopic (exact) mass is 376 g/mol. The van der Waals surface area contributed by atoms with E-state index < -0.39 is 17.9 Å². The molecule has 1 aliphatic heterocycles. The van der Waals surface area contributed by atoms with Crippen molar-refractivity contribution < 1.29 is 24.2 Å². The molecule has 1 fully saturated rings. The van der Waals surface area contributed by atoms with Gasteiger partial charge in [0.1, 0.15) is 11.8 Å². The summed E-state index contributed by atoms with van der Waals surface area (Å²) in [5.74, 6) is -1.07. The maximum absolute atomic E-state index is 12.5. The number of carboxylic acid groups (broad SMARTS) is 1. The summed E-state index contributed by atoms with van der Waals surface area (Å²) in [5, 5.41) is 11.5. The molecular weight excluding hydrogens is 348 g/mol. The summed E-state index contributed by atoms with van der Waals surface area (Å²) in [6.45, 7) is 5.76. The lowest BCUT2D eigenvalue weighted by Crippen LogP contribution is -2.49. The summed E-state index contributed by atoms with van der Waals surface area (Å²) in [7, 11) is 0. The second-order valence-electron chi connectivity index (χ2n) is 7.02. The van der Waals surface area contributed by atoms with Crippen LogP contribution in [-0.2, 0) is 9.59 Å². The van der Waals surface area contributed by atoms with E-state index in [1.807, 2.05) is 4.90 Å². The quantitative estimate of drug-likeness (QED) is 0.762. The van der Waals surface area contributed by atoms with E-state index in [-0.39, 0.29) is 24.6 Å². The number of carbonyl (C=O) groups excluding carboxylic acids is 2. The lowest BCUT2D eigenvalue weighted by Gasteiger charge is -2.38. The highest BCUT2D eigenvalue weighted by atomic mass is 16.5. The number of likely N-dealkylation sites (tertiary alicyclic amines) is 1. The molecule has 3 atom stereocenters. The van der Waals surface area contributed by atoms with Crippen LogP contribution in [0.1, 0.15) is 56.8 Å². The number of amides is 2. The molecule has 1 heterocycles. The third-order valence-electron chi connectivity index (χ3n) is 4.97. The molecule has 148 valence electrons. The minimum atomic E-state index is -1.06. The first-order chi connectivity index (χ1) is 12.8. The van der Waals surface area contributed by atoms with Gasteiger partial charge < -0.3 is 20.1 Å². The minimum Gasteiger partial charge on any atom is -0.484 e. The molecule has 0 aromatic heterocycles. The van der Waals surface area contributed by atoms with Crippen molar-refractivity contribution in [3.05, 3.63) is 29.8 Å². The van der Waals surface area contributed by atoms with Gasteiger partial charge in [0, 0.05) is 17.6 Å². The fraction of sp³-hybridized carbons (Fsp3) is 0.550. The van der Waals surface area contributed by atoms with Gasteiger partial charge in [-0.25, -0.2) is 4.79 Å². The van der Waals surface area contributed by atoms with E-state index in [4.69, 9.17) is 9.84 Å². The Balaban J connectivity index is 1.90. The Bertz CT molecular complexity index is 663. The summed E-state index contributed by atoms with van der Waals surface area (Å²) >= 11 is 0. The molecule has 1 saturated heterocycles. The number of benzene rings is 1. The van der Waals surface area contributed by atoms with E-state index in [1.54, 1.807) is 31.2 Å². The third kappa shape index (κ3) is 5.45. The van der Waals surface area contributed by atoms with Gasteiger partial charge in [0.2, 0.25) is 0 Å². The van der Waals surface area contributed by atoms with Gasteiger partial charge in [-0.05, 0) is 63.8 Å². The van der Waals surface area contributed by atoms with Gasteiger partial charge in [-0.2, -0.15) is 0 Å². The predicted molar refractivity (Wildman–Crippen MR) is 101 cm³/mol. The van der Waals surface area contributed by atoms with Gasteiger partial charge in [0.25, 0.3) is 11.8 Å². The largest absolute Gasteiger partial charge is 0.484 e. The topological polar surface area (TPSA) is 95.9 Å². The first-order valence-electron chi connectivity index (χ1n) is 9.41. The van der Waals surface area contributed by atoms with E-state index in [1.165, 1.54) is 0 Å². The van der Waals surface area contributed by atoms with Crippen molar-refractivity contribution >= 4 is 17.8 Å². The van der Waals surface area contributed by atoms with Crippen LogP contribution in [-0.4, -0.2) is 52.5 Å². The molecule has 2 amide bonds. The van der Waals surface area contributed by atoms with Crippen molar-refractivity contribution in [2.75, 3.05) is 6.61 Å². The Kier molecular flexibility index (Phi) is 7.21. The number of nitrogens with zero attached hydrogens (tertiary/aromatic N) is 1. The number of ether oxygens (including phenoxy) is 1. The van der Waals surface area contributed by atoms with Crippen LogP contribution in [0.4, 0.5) is 0 Å². The summed E-state index contributed by atoms with van der Waals surface area (Å²) < 4.78 is 5.58. The summed E-state index contributed by atoms with van der Waals surface area (Å²) in [6.07, 6.45) is 3.46. The Morgan fingerprint density at radius 3 is 2.30 bits per heavy atom. The number of aliphatic carboxylic acids is 1. The zero-order valence-corrected chi connectivity index (χ0v) is 16.1. The maximum atomic E-state index is 12.5. The average Bonchev–Trinajstić information content (AvgIpc) is 2.64. The van der Waals surface area contributed by atoms with Gasteiger partial charge in [-0.3, -0.25) is 9.59 Å². The van der Waals surface area contributed by atoms with E-state index >= 15 is 0 Å². The van der Waals surface area contributed by atoms with Crippen LogP contribution >= 0.6 is 0 Å². The van der Waals surface area contributed by atoms with Crippen molar-refractivity contribution in [1.82, 2.24) is 10.2 Å². The normalized spacial score (nSPS) is 20.6. The zero-order valence-electron chi connectivity index (χ0n) is 16.1. The fourth-order valence-corrected chi connectivity index (χ4v) is 3.42. The highest BCUT2D eigenvalue weighted by Gasteiger charge is 2.29. The van der Waals surface area contributed by atoms with Crippen LogP contribution in [0, 0.1) is 0 Å². The molecular formula is C20H28N2O5. The Morgan fingerprint density at radius 1 is 1.19 bits per heavy atom. The van der Waals surface area contributed by atoms with E-state index in [0.717, 1.165) is 19.3 Å². The lowest BCUT2D eigenvalue weighted by molar-refractivity contribution is -0.140. The fourth-order valence-electron chi connectivity index (χ4n) is 3.42. The van der Waals surface area contributed by atoms with Crippen LogP contribution < -0.4 is 10.1 Å². The predicted octanol–water partition coefficient (Wildman–Crippen LogP) is 2.45. The highest BCUT2D eigenvalue weighted by Crippen LogP contribution is 2.23. The Morgan fingerprint density at radius 2 is 1.78 bits per heavy atom. The number of nitrogens with one attached hydrogen (secondary N) is 1. The molecule has 1 aromatic carbocycles. The summed E-state index contributed by atoms with van der Waals surface area (Å²) in [6, 6.07) is 5.83. The molecule has 0 radical (unpaired) electrons. The van der Waals surface area contributed by atoms with Gasteiger partial charge in [-0.15, -0.1) is 0 Å². The van der Waals surface area contributed by atoms with Gasteiger partial charge in [0.05, 0.1) is 0 Å². The molecule has 2 N–H and O–H groups in total. The number of carbonyl (C=O) groups is 3. The van der Waals surface area contributed by atoms with Crippen LogP contribution in [0.15, 0.2) is 24.3 Å². The molecule has 0 aliphatic carbocycles. The van der Waals surface area contributed by atoms with Crippen LogP contribution in [0.3, 0.4) is 0 Å². The molecule has 3 unspecified atom stereocenters. The smallest absolute Gasteiger partial charge is 0.326 e.